The Morgan fingerprint density at radius 1 is 1.44 bits per heavy atom. The van der Waals surface area contributed by atoms with E-state index in [4.69, 9.17) is 17.3 Å². The molecule has 1 aromatic rings. The van der Waals surface area contributed by atoms with Gasteiger partial charge < -0.3 is 5.73 Å². The molecule has 1 rings (SSSR count). The number of halogens is 1. The zero-order valence-electron chi connectivity index (χ0n) is 10.6. The minimum atomic E-state index is -3.60. The number of hydrogen-bond donors (Lipinski definition) is 2. The molecule has 0 aliphatic rings. The van der Waals surface area contributed by atoms with E-state index in [0.717, 1.165) is 4.31 Å². The molecule has 5 nitrogen and oxygen atoms in total. The Morgan fingerprint density at radius 2 is 2.06 bits per heavy atom. The lowest BCUT2D eigenvalue weighted by Crippen LogP contribution is -2.40. The summed E-state index contributed by atoms with van der Waals surface area (Å²) in [6.07, 6.45) is 0. The average molecular weight is 292 g/mol. The molecule has 0 spiro atoms. The molecule has 7 heteroatoms. The molecule has 0 amide bonds. The fourth-order valence-corrected chi connectivity index (χ4v) is 2.61. The van der Waals surface area contributed by atoms with Gasteiger partial charge in [0.25, 0.3) is 0 Å². The molecular weight excluding hydrogens is 274 g/mol. The molecule has 0 bridgehead atoms. The number of rotatable bonds is 5. The summed E-state index contributed by atoms with van der Waals surface area (Å²) < 4.78 is 27.6. The minimum absolute atomic E-state index is 0.227. The summed E-state index contributed by atoms with van der Waals surface area (Å²) in [5.41, 5.74) is 6.47. The molecule has 0 radical (unpaired) electrons. The third kappa shape index (κ3) is 3.76. The highest BCUT2D eigenvalue weighted by molar-refractivity contribution is 7.90. The van der Waals surface area contributed by atoms with Crippen molar-refractivity contribution in [2.45, 2.75) is 13.8 Å². The fourth-order valence-electron chi connectivity index (χ4n) is 1.29. The smallest absolute Gasteiger partial charge is 0.301 e. The first-order valence-electron chi connectivity index (χ1n) is 5.52. The highest BCUT2D eigenvalue weighted by Crippen LogP contribution is 2.27. The van der Waals surface area contributed by atoms with E-state index in [2.05, 4.69) is 4.72 Å². The van der Waals surface area contributed by atoms with Gasteiger partial charge in [-0.05, 0) is 24.1 Å². The number of nitrogens with two attached hydrogens (primary N) is 1. The first-order chi connectivity index (χ1) is 8.24. The van der Waals surface area contributed by atoms with Crippen molar-refractivity contribution in [1.29, 1.82) is 0 Å². The fraction of sp³-hybridized carbons (Fsp3) is 0.455. The number of nitrogens with one attached hydrogen (secondary N) is 1. The largest absolute Gasteiger partial charge is 0.397 e. The van der Waals surface area contributed by atoms with Crippen LogP contribution in [0.4, 0.5) is 11.4 Å². The van der Waals surface area contributed by atoms with Gasteiger partial charge in [-0.25, -0.2) is 0 Å². The highest BCUT2D eigenvalue weighted by atomic mass is 35.5. The zero-order chi connectivity index (χ0) is 13.9. The number of anilines is 2. The summed E-state index contributed by atoms with van der Waals surface area (Å²) in [4.78, 5) is 0. The topological polar surface area (TPSA) is 75.4 Å². The lowest BCUT2D eigenvalue weighted by molar-refractivity contribution is 0.558. The van der Waals surface area contributed by atoms with E-state index in [1.165, 1.54) is 13.1 Å². The van der Waals surface area contributed by atoms with Crippen molar-refractivity contribution in [3.8, 4) is 0 Å². The molecule has 0 heterocycles. The maximum atomic E-state index is 12.0. The Kier molecular flexibility index (Phi) is 4.84. The van der Waals surface area contributed by atoms with Gasteiger partial charge in [0, 0.05) is 18.6 Å². The molecule has 0 saturated carbocycles. The molecule has 18 heavy (non-hydrogen) atoms. The summed E-state index contributed by atoms with van der Waals surface area (Å²) >= 11 is 5.84. The van der Waals surface area contributed by atoms with E-state index in [0.29, 0.717) is 22.9 Å². The van der Waals surface area contributed by atoms with Crippen molar-refractivity contribution < 1.29 is 8.42 Å². The van der Waals surface area contributed by atoms with Crippen LogP contribution >= 0.6 is 11.6 Å². The van der Waals surface area contributed by atoms with Crippen LogP contribution in [-0.4, -0.2) is 22.0 Å². The molecule has 0 fully saturated rings. The Morgan fingerprint density at radius 3 is 2.61 bits per heavy atom. The normalized spacial score (nSPS) is 11.8. The van der Waals surface area contributed by atoms with Gasteiger partial charge in [-0.2, -0.15) is 13.1 Å². The minimum Gasteiger partial charge on any atom is -0.397 e. The van der Waals surface area contributed by atoms with Gasteiger partial charge in [-0.15, -0.1) is 0 Å². The summed E-state index contributed by atoms with van der Waals surface area (Å²) in [5.74, 6) is 0.227. The first kappa shape index (κ1) is 15.1. The lowest BCUT2D eigenvalue weighted by atomic mass is 10.2. The van der Waals surface area contributed by atoms with Gasteiger partial charge in [0.2, 0.25) is 0 Å². The summed E-state index contributed by atoms with van der Waals surface area (Å²) in [6.45, 7) is 4.22. The van der Waals surface area contributed by atoms with Crippen molar-refractivity contribution in [2.24, 2.45) is 5.92 Å². The van der Waals surface area contributed by atoms with E-state index in [-0.39, 0.29) is 5.92 Å². The van der Waals surface area contributed by atoms with Crippen molar-refractivity contribution in [1.82, 2.24) is 4.72 Å². The van der Waals surface area contributed by atoms with Gasteiger partial charge >= 0.3 is 10.2 Å². The van der Waals surface area contributed by atoms with Crippen molar-refractivity contribution >= 4 is 33.2 Å². The van der Waals surface area contributed by atoms with E-state index in [1.807, 2.05) is 13.8 Å². The Labute approximate surface area is 113 Å². The van der Waals surface area contributed by atoms with Crippen LogP contribution in [0.25, 0.3) is 0 Å². The summed E-state index contributed by atoms with van der Waals surface area (Å²) in [5, 5.41) is 0.435. The SMILES string of the molecule is CC(C)CNS(=O)(=O)N(C)c1cc(Cl)ccc1N. The summed E-state index contributed by atoms with van der Waals surface area (Å²) in [6, 6.07) is 4.71. The number of nitrogen functional groups attached to an aromatic ring is 1. The quantitative estimate of drug-likeness (QED) is 0.813. The molecule has 0 unspecified atom stereocenters. The maximum Gasteiger partial charge on any atom is 0.301 e. The van der Waals surface area contributed by atoms with Crippen LogP contribution < -0.4 is 14.8 Å². The van der Waals surface area contributed by atoms with Crippen LogP contribution in [0.3, 0.4) is 0 Å². The monoisotopic (exact) mass is 291 g/mol. The molecule has 0 aromatic heterocycles. The molecule has 1 aromatic carbocycles. The zero-order valence-corrected chi connectivity index (χ0v) is 12.2. The molecule has 0 aliphatic carbocycles. The van der Waals surface area contributed by atoms with E-state index >= 15 is 0 Å². The van der Waals surface area contributed by atoms with E-state index in [1.54, 1.807) is 12.1 Å². The number of nitrogens with zero attached hydrogens (tertiary/aromatic N) is 1. The predicted octanol–water partition coefficient (Wildman–Crippen LogP) is 1.85. The van der Waals surface area contributed by atoms with Crippen molar-refractivity contribution in [3.63, 3.8) is 0 Å². The van der Waals surface area contributed by atoms with Crippen LogP contribution in [0.2, 0.25) is 5.02 Å². The molecular formula is C11H18ClN3O2S. The van der Waals surface area contributed by atoms with Gasteiger partial charge in [-0.1, -0.05) is 25.4 Å². The van der Waals surface area contributed by atoms with E-state index < -0.39 is 10.2 Å². The first-order valence-corrected chi connectivity index (χ1v) is 7.34. The van der Waals surface area contributed by atoms with Gasteiger partial charge in [-0.3, -0.25) is 4.31 Å². The predicted molar refractivity (Wildman–Crippen MR) is 76.0 cm³/mol. The lowest BCUT2D eigenvalue weighted by Gasteiger charge is -2.22. The molecule has 0 saturated heterocycles. The van der Waals surface area contributed by atoms with Crippen LogP contribution in [0.1, 0.15) is 13.8 Å². The summed E-state index contributed by atoms with van der Waals surface area (Å²) in [7, 11) is -2.17. The van der Waals surface area contributed by atoms with Crippen molar-refractivity contribution in [3.05, 3.63) is 23.2 Å². The van der Waals surface area contributed by atoms with Gasteiger partial charge in [0.15, 0.2) is 0 Å². The molecule has 3 N–H and O–H groups in total. The molecule has 0 aliphatic heterocycles. The van der Waals surface area contributed by atoms with Gasteiger partial charge in [0.1, 0.15) is 0 Å². The third-order valence-corrected chi connectivity index (χ3v) is 4.05. The third-order valence-electron chi connectivity index (χ3n) is 2.37. The van der Waals surface area contributed by atoms with Crippen LogP contribution in [0.15, 0.2) is 18.2 Å². The van der Waals surface area contributed by atoms with Crippen LogP contribution in [-0.2, 0) is 10.2 Å². The molecule has 102 valence electrons. The van der Waals surface area contributed by atoms with Gasteiger partial charge in [0.05, 0.1) is 11.4 Å². The Bertz CT molecular complexity index is 517. The number of benzene rings is 1. The Balaban J connectivity index is 2.98. The van der Waals surface area contributed by atoms with Crippen LogP contribution in [0.5, 0.6) is 0 Å². The second-order valence-corrected chi connectivity index (χ2v) is 6.64. The molecule has 0 atom stereocenters. The second kappa shape index (κ2) is 5.77. The maximum absolute atomic E-state index is 12.0. The average Bonchev–Trinajstić information content (AvgIpc) is 2.29. The highest BCUT2D eigenvalue weighted by Gasteiger charge is 2.20. The number of hydrogen-bond acceptors (Lipinski definition) is 3. The van der Waals surface area contributed by atoms with Crippen LogP contribution in [0, 0.1) is 5.92 Å². The van der Waals surface area contributed by atoms with Crippen molar-refractivity contribution in [2.75, 3.05) is 23.6 Å². The van der Waals surface area contributed by atoms with E-state index in [9.17, 15) is 8.42 Å². The standard InChI is InChI=1S/C11H18ClN3O2S/c1-8(2)7-14-18(16,17)15(3)11-6-9(12)4-5-10(11)13/h4-6,8,14H,7,13H2,1-3H3. The Hall–Kier alpha value is -0.980. The second-order valence-electron chi connectivity index (χ2n) is 4.42.